The predicted octanol–water partition coefficient (Wildman–Crippen LogP) is 6.27. The minimum absolute atomic E-state index is 0.0660. The summed E-state index contributed by atoms with van der Waals surface area (Å²) < 4.78 is 3.74. The molecule has 0 atom stereocenters. The van der Waals surface area contributed by atoms with Gasteiger partial charge < -0.3 is 0 Å². The third-order valence-corrected chi connectivity index (χ3v) is 5.25. The number of halogens is 2. The van der Waals surface area contributed by atoms with E-state index in [0.29, 0.717) is 10.0 Å². The number of imidazole rings is 1. The first-order chi connectivity index (χ1) is 11.6. The second-order valence-corrected chi connectivity index (χ2v) is 7.28. The van der Waals surface area contributed by atoms with Gasteiger partial charge in [-0.25, -0.2) is 4.79 Å². The second-order valence-electron chi connectivity index (χ2n) is 6.46. The molecule has 1 aromatic heterocycles. The highest BCUT2D eigenvalue weighted by Gasteiger charge is 2.15. The van der Waals surface area contributed by atoms with Crippen LogP contribution in [0, 0.1) is 0 Å². The summed E-state index contributed by atoms with van der Waals surface area (Å²) in [4.78, 5) is 12.9. The lowest BCUT2D eigenvalue weighted by Gasteiger charge is -2.04. The van der Waals surface area contributed by atoms with Crippen LogP contribution >= 0.6 is 23.2 Å². The average molecular weight is 371 g/mol. The number of nitrogens with zero attached hydrogens (tertiary/aromatic N) is 2. The van der Waals surface area contributed by atoms with E-state index in [1.807, 2.05) is 21.3 Å². The highest BCUT2D eigenvalue weighted by atomic mass is 35.5. The molecule has 1 heterocycles. The van der Waals surface area contributed by atoms with Crippen LogP contribution in [0.4, 0.5) is 0 Å². The Balaban J connectivity index is 2.31. The zero-order chi connectivity index (χ0) is 17.5. The van der Waals surface area contributed by atoms with E-state index in [-0.39, 0.29) is 5.69 Å². The number of aryl methyl sites for hydroxylation is 2. The highest BCUT2D eigenvalue weighted by Crippen LogP contribution is 2.28. The molecule has 0 aliphatic rings. The first-order valence-electron chi connectivity index (χ1n) is 9.18. The number of rotatable bonds is 10. The van der Waals surface area contributed by atoms with Crippen molar-refractivity contribution in [3.63, 3.8) is 0 Å². The van der Waals surface area contributed by atoms with E-state index in [2.05, 4.69) is 13.8 Å². The summed E-state index contributed by atoms with van der Waals surface area (Å²) >= 11 is 12.4. The van der Waals surface area contributed by atoms with Gasteiger partial charge >= 0.3 is 5.69 Å². The van der Waals surface area contributed by atoms with Gasteiger partial charge in [-0.3, -0.25) is 9.13 Å². The molecule has 0 aliphatic heterocycles. The molecule has 3 nitrogen and oxygen atoms in total. The first kappa shape index (κ1) is 19.4. The highest BCUT2D eigenvalue weighted by molar-refractivity contribution is 6.42. The molecule has 0 amide bonds. The molecular formula is C19H28Cl2N2O. The fraction of sp³-hybridized carbons (Fsp3) is 0.632. The van der Waals surface area contributed by atoms with Crippen molar-refractivity contribution in [3.05, 3.63) is 32.7 Å². The molecule has 24 heavy (non-hydrogen) atoms. The lowest BCUT2D eigenvalue weighted by molar-refractivity contribution is 0.542. The van der Waals surface area contributed by atoms with Crippen molar-refractivity contribution in [2.24, 2.45) is 0 Å². The fourth-order valence-corrected chi connectivity index (χ4v) is 3.45. The van der Waals surface area contributed by atoms with Crippen LogP contribution in [0.2, 0.25) is 10.0 Å². The normalized spacial score (nSPS) is 11.5. The number of benzene rings is 1. The predicted molar refractivity (Wildman–Crippen MR) is 105 cm³/mol. The third-order valence-electron chi connectivity index (χ3n) is 4.53. The fourth-order valence-electron chi connectivity index (χ4n) is 3.14. The molecule has 0 unspecified atom stereocenters. The molecule has 5 heteroatoms. The van der Waals surface area contributed by atoms with Gasteiger partial charge in [-0.1, -0.05) is 75.6 Å². The number of unbranched alkanes of at least 4 members (excludes halogenated alkanes) is 6. The maximum atomic E-state index is 12.9. The lowest BCUT2D eigenvalue weighted by Crippen LogP contribution is -2.24. The molecule has 2 aromatic rings. The van der Waals surface area contributed by atoms with Crippen molar-refractivity contribution in [1.82, 2.24) is 9.13 Å². The minimum Gasteiger partial charge on any atom is -0.292 e. The molecule has 0 spiro atoms. The summed E-state index contributed by atoms with van der Waals surface area (Å²) in [5.74, 6) is 0. The number of aromatic nitrogens is 2. The number of fused-ring (bicyclic) bond motifs is 1. The van der Waals surface area contributed by atoms with E-state index in [1.54, 1.807) is 0 Å². The van der Waals surface area contributed by atoms with Crippen LogP contribution in [0.3, 0.4) is 0 Å². The Morgan fingerprint density at radius 3 is 1.54 bits per heavy atom. The molecule has 134 valence electrons. The van der Waals surface area contributed by atoms with Gasteiger partial charge in [0, 0.05) is 13.1 Å². The van der Waals surface area contributed by atoms with E-state index in [0.717, 1.165) is 49.8 Å². The van der Waals surface area contributed by atoms with Gasteiger partial charge in [-0.2, -0.15) is 0 Å². The molecule has 0 radical (unpaired) electrons. The quantitative estimate of drug-likeness (QED) is 0.452. The first-order valence-corrected chi connectivity index (χ1v) is 9.93. The Hall–Kier alpha value is -0.930. The van der Waals surface area contributed by atoms with Crippen LogP contribution in [0.25, 0.3) is 11.0 Å². The van der Waals surface area contributed by atoms with Crippen molar-refractivity contribution in [3.8, 4) is 0 Å². The second kappa shape index (κ2) is 9.53. The maximum Gasteiger partial charge on any atom is 0.329 e. The van der Waals surface area contributed by atoms with Gasteiger partial charge in [0.05, 0.1) is 21.1 Å². The van der Waals surface area contributed by atoms with Crippen molar-refractivity contribution >= 4 is 34.2 Å². The Kier molecular flexibility index (Phi) is 7.70. The summed E-state index contributed by atoms with van der Waals surface area (Å²) in [7, 11) is 0. The van der Waals surface area contributed by atoms with Gasteiger partial charge in [0.1, 0.15) is 0 Å². The summed E-state index contributed by atoms with van der Waals surface area (Å²) in [6.45, 7) is 5.87. The van der Waals surface area contributed by atoms with Gasteiger partial charge in [0.2, 0.25) is 0 Å². The van der Waals surface area contributed by atoms with Gasteiger partial charge in [0.15, 0.2) is 0 Å². The Bertz CT molecular complexity index is 660. The van der Waals surface area contributed by atoms with Crippen LogP contribution in [0.5, 0.6) is 0 Å². The van der Waals surface area contributed by atoms with Gasteiger partial charge in [0.25, 0.3) is 0 Å². The number of hydrogen-bond acceptors (Lipinski definition) is 1. The van der Waals surface area contributed by atoms with Crippen LogP contribution in [0.15, 0.2) is 16.9 Å². The average Bonchev–Trinajstić information content (AvgIpc) is 2.80. The third kappa shape index (κ3) is 4.58. The van der Waals surface area contributed by atoms with Crippen molar-refractivity contribution in [2.75, 3.05) is 0 Å². The zero-order valence-corrected chi connectivity index (χ0v) is 16.3. The summed E-state index contributed by atoms with van der Waals surface area (Å²) in [6, 6.07) is 3.67. The maximum absolute atomic E-state index is 12.9. The molecular weight excluding hydrogens is 343 g/mol. The Morgan fingerprint density at radius 2 is 1.17 bits per heavy atom. The van der Waals surface area contributed by atoms with Crippen LogP contribution in [-0.2, 0) is 13.1 Å². The lowest BCUT2D eigenvalue weighted by atomic mass is 10.2. The van der Waals surface area contributed by atoms with Crippen molar-refractivity contribution in [2.45, 2.75) is 78.3 Å². The minimum atomic E-state index is 0.0660. The molecule has 0 aliphatic carbocycles. The molecule has 1 aromatic carbocycles. The summed E-state index contributed by atoms with van der Waals surface area (Å²) in [5.41, 5.74) is 1.87. The monoisotopic (exact) mass is 370 g/mol. The molecule has 0 saturated heterocycles. The smallest absolute Gasteiger partial charge is 0.292 e. The van der Waals surface area contributed by atoms with Gasteiger partial charge in [-0.15, -0.1) is 0 Å². The summed E-state index contributed by atoms with van der Waals surface area (Å²) in [6.07, 6.45) is 9.12. The number of hydrogen-bond donors (Lipinski definition) is 0. The molecule has 0 N–H and O–H groups in total. The van der Waals surface area contributed by atoms with E-state index >= 15 is 0 Å². The van der Waals surface area contributed by atoms with Crippen LogP contribution in [0.1, 0.15) is 65.2 Å². The topological polar surface area (TPSA) is 26.9 Å². The van der Waals surface area contributed by atoms with Gasteiger partial charge in [-0.05, 0) is 25.0 Å². The molecule has 2 rings (SSSR count). The van der Waals surface area contributed by atoms with Crippen LogP contribution < -0.4 is 5.69 Å². The van der Waals surface area contributed by atoms with Crippen LogP contribution in [-0.4, -0.2) is 9.13 Å². The van der Waals surface area contributed by atoms with E-state index in [9.17, 15) is 4.79 Å². The Morgan fingerprint density at radius 1 is 0.750 bits per heavy atom. The molecule has 0 bridgehead atoms. The zero-order valence-electron chi connectivity index (χ0n) is 14.8. The SMILES string of the molecule is CCCCCCn1c(=O)n(CCCCCC)c2cc(Cl)c(Cl)cc21. The standard InChI is InChI=1S/C19H28Cl2N2O/c1-3-5-7-9-11-22-17-13-15(20)16(21)14-18(17)23(19(22)24)12-10-8-6-4-2/h13-14H,3-12H2,1-2H3. The van der Waals surface area contributed by atoms with Crippen molar-refractivity contribution in [1.29, 1.82) is 0 Å². The van der Waals surface area contributed by atoms with E-state index < -0.39 is 0 Å². The molecule has 0 saturated carbocycles. The Labute approximate surface area is 154 Å². The largest absolute Gasteiger partial charge is 0.329 e. The van der Waals surface area contributed by atoms with Crippen molar-refractivity contribution < 1.29 is 0 Å². The van der Waals surface area contributed by atoms with E-state index in [1.165, 1.54) is 25.7 Å². The van der Waals surface area contributed by atoms with E-state index in [4.69, 9.17) is 23.2 Å². The summed E-state index contributed by atoms with van der Waals surface area (Å²) in [5, 5.41) is 1.02. The molecule has 0 fully saturated rings.